The average Bonchev–Trinajstić information content (AvgIpc) is 2.14. The molecular formula is C7H13N. The van der Waals surface area contributed by atoms with Crippen LogP contribution in [0.5, 0.6) is 0 Å². The van der Waals surface area contributed by atoms with Gasteiger partial charge in [-0.15, -0.1) is 0 Å². The van der Waals surface area contributed by atoms with Gasteiger partial charge in [-0.05, 0) is 12.3 Å². The van der Waals surface area contributed by atoms with Crippen molar-refractivity contribution in [3.05, 3.63) is 11.8 Å². The molecule has 0 aromatic rings. The SMILES string of the molecule is CCC1=CC(C)CN1. The predicted molar refractivity (Wildman–Crippen MR) is 35.5 cm³/mol. The van der Waals surface area contributed by atoms with E-state index in [2.05, 4.69) is 25.2 Å². The van der Waals surface area contributed by atoms with Gasteiger partial charge in [0.25, 0.3) is 0 Å². The van der Waals surface area contributed by atoms with E-state index in [9.17, 15) is 0 Å². The normalized spacial score (nSPS) is 27.2. The Bertz CT molecular complexity index is 105. The minimum absolute atomic E-state index is 0.755. The standard InChI is InChI=1S/C7H13N/c1-3-7-4-6(2)5-8-7/h4,6,8H,3,5H2,1-2H3. The fourth-order valence-corrected chi connectivity index (χ4v) is 0.996. The number of nitrogens with one attached hydrogen (secondary N) is 1. The number of allylic oxidation sites excluding steroid dienone is 1. The van der Waals surface area contributed by atoms with E-state index in [0.29, 0.717) is 0 Å². The van der Waals surface area contributed by atoms with Crippen molar-refractivity contribution in [1.29, 1.82) is 0 Å². The van der Waals surface area contributed by atoms with Gasteiger partial charge < -0.3 is 5.32 Å². The average molecular weight is 111 g/mol. The van der Waals surface area contributed by atoms with E-state index in [1.54, 1.807) is 0 Å². The van der Waals surface area contributed by atoms with Gasteiger partial charge in [0.1, 0.15) is 0 Å². The second kappa shape index (κ2) is 2.21. The van der Waals surface area contributed by atoms with Crippen LogP contribution in [-0.4, -0.2) is 6.54 Å². The first kappa shape index (κ1) is 5.67. The Morgan fingerprint density at radius 2 is 2.62 bits per heavy atom. The molecule has 8 heavy (non-hydrogen) atoms. The molecule has 0 saturated heterocycles. The molecule has 0 aromatic carbocycles. The fraction of sp³-hybridized carbons (Fsp3) is 0.714. The lowest BCUT2D eigenvalue weighted by Gasteiger charge is -1.96. The van der Waals surface area contributed by atoms with Crippen LogP contribution in [0.4, 0.5) is 0 Å². The van der Waals surface area contributed by atoms with Crippen LogP contribution in [0.1, 0.15) is 20.3 Å². The van der Waals surface area contributed by atoms with Gasteiger partial charge in [0.05, 0.1) is 0 Å². The molecule has 1 aliphatic heterocycles. The zero-order valence-corrected chi connectivity index (χ0v) is 5.57. The summed E-state index contributed by atoms with van der Waals surface area (Å²) >= 11 is 0. The molecule has 0 radical (unpaired) electrons. The van der Waals surface area contributed by atoms with E-state index >= 15 is 0 Å². The molecule has 0 saturated carbocycles. The van der Waals surface area contributed by atoms with Crippen LogP contribution in [0.25, 0.3) is 0 Å². The summed E-state index contributed by atoms with van der Waals surface area (Å²) in [5.74, 6) is 0.755. The van der Waals surface area contributed by atoms with Crippen LogP contribution in [0.2, 0.25) is 0 Å². The molecular weight excluding hydrogens is 98.1 g/mol. The maximum absolute atomic E-state index is 3.32. The van der Waals surface area contributed by atoms with Gasteiger partial charge in [-0.25, -0.2) is 0 Å². The zero-order chi connectivity index (χ0) is 5.98. The Hall–Kier alpha value is -0.460. The minimum Gasteiger partial charge on any atom is -0.388 e. The van der Waals surface area contributed by atoms with E-state index in [-0.39, 0.29) is 0 Å². The van der Waals surface area contributed by atoms with Crippen molar-refractivity contribution in [2.45, 2.75) is 20.3 Å². The summed E-state index contributed by atoms with van der Waals surface area (Å²) in [7, 11) is 0. The molecule has 0 bridgehead atoms. The summed E-state index contributed by atoms with van der Waals surface area (Å²) in [6.45, 7) is 5.55. The van der Waals surface area contributed by atoms with Crippen LogP contribution in [-0.2, 0) is 0 Å². The molecule has 0 aromatic heterocycles. The van der Waals surface area contributed by atoms with Crippen LogP contribution in [0, 0.1) is 5.92 Å². The maximum atomic E-state index is 3.32. The molecule has 0 spiro atoms. The summed E-state index contributed by atoms with van der Waals surface area (Å²) in [4.78, 5) is 0. The van der Waals surface area contributed by atoms with Crippen LogP contribution in [0.3, 0.4) is 0 Å². The molecule has 46 valence electrons. The fourth-order valence-electron chi connectivity index (χ4n) is 0.996. The van der Waals surface area contributed by atoms with Gasteiger partial charge in [-0.3, -0.25) is 0 Å². The van der Waals surface area contributed by atoms with E-state index in [1.807, 2.05) is 0 Å². The largest absolute Gasteiger partial charge is 0.388 e. The highest BCUT2D eigenvalue weighted by atomic mass is 14.9. The topological polar surface area (TPSA) is 12.0 Å². The lowest BCUT2D eigenvalue weighted by molar-refractivity contribution is 0.709. The van der Waals surface area contributed by atoms with Crippen molar-refractivity contribution >= 4 is 0 Å². The molecule has 0 aliphatic carbocycles. The number of hydrogen-bond acceptors (Lipinski definition) is 1. The Labute approximate surface area is 50.8 Å². The monoisotopic (exact) mass is 111 g/mol. The van der Waals surface area contributed by atoms with Gasteiger partial charge in [-0.2, -0.15) is 0 Å². The Balaban J connectivity index is 2.44. The van der Waals surface area contributed by atoms with Crippen molar-refractivity contribution < 1.29 is 0 Å². The lowest BCUT2D eigenvalue weighted by Crippen LogP contribution is -2.09. The second-order valence-corrected chi connectivity index (χ2v) is 2.40. The number of hydrogen-bond donors (Lipinski definition) is 1. The third-order valence-corrected chi connectivity index (χ3v) is 1.52. The summed E-state index contributed by atoms with van der Waals surface area (Å²) in [6.07, 6.45) is 3.46. The van der Waals surface area contributed by atoms with Gasteiger partial charge in [0, 0.05) is 12.2 Å². The molecule has 1 atom stereocenters. The van der Waals surface area contributed by atoms with Crippen LogP contribution in [0.15, 0.2) is 11.8 Å². The molecule has 0 amide bonds. The van der Waals surface area contributed by atoms with E-state index in [1.165, 1.54) is 5.70 Å². The van der Waals surface area contributed by atoms with Gasteiger partial charge in [-0.1, -0.05) is 19.9 Å². The molecule has 1 nitrogen and oxygen atoms in total. The van der Waals surface area contributed by atoms with Crippen molar-refractivity contribution in [1.82, 2.24) is 5.32 Å². The smallest absolute Gasteiger partial charge is 0.0204 e. The molecule has 1 heterocycles. The molecule has 1 rings (SSSR count). The summed E-state index contributed by atoms with van der Waals surface area (Å²) in [6, 6.07) is 0. The molecule has 1 heteroatoms. The zero-order valence-electron chi connectivity index (χ0n) is 5.57. The Morgan fingerprint density at radius 3 is 2.88 bits per heavy atom. The van der Waals surface area contributed by atoms with Crippen molar-refractivity contribution in [2.24, 2.45) is 5.92 Å². The first-order valence-electron chi connectivity index (χ1n) is 3.27. The van der Waals surface area contributed by atoms with Crippen LogP contribution < -0.4 is 5.32 Å². The van der Waals surface area contributed by atoms with Gasteiger partial charge >= 0.3 is 0 Å². The van der Waals surface area contributed by atoms with E-state index in [0.717, 1.165) is 18.9 Å². The van der Waals surface area contributed by atoms with Crippen molar-refractivity contribution in [3.8, 4) is 0 Å². The lowest BCUT2D eigenvalue weighted by atomic mass is 10.2. The quantitative estimate of drug-likeness (QED) is 0.541. The molecule has 1 unspecified atom stereocenters. The highest BCUT2D eigenvalue weighted by Crippen LogP contribution is 2.09. The summed E-state index contributed by atoms with van der Waals surface area (Å²) in [5.41, 5.74) is 1.41. The Kier molecular flexibility index (Phi) is 1.56. The molecule has 1 aliphatic rings. The molecule has 0 fully saturated rings. The summed E-state index contributed by atoms with van der Waals surface area (Å²) < 4.78 is 0. The predicted octanol–water partition coefficient (Wildman–Crippen LogP) is 1.52. The third-order valence-electron chi connectivity index (χ3n) is 1.52. The Morgan fingerprint density at radius 1 is 1.88 bits per heavy atom. The van der Waals surface area contributed by atoms with Crippen molar-refractivity contribution in [3.63, 3.8) is 0 Å². The van der Waals surface area contributed by atoms with Gasteiger partial charge in [0.2, 0.25) is 0 Å². The second-order valence-electron chi connectivity index (χ2n) is 2.40. The van der Waals surface area contributed by atoms with Gasteiger partial charge in [0.15, 0.2) is 0 Å². The minimum atomic E-state index is 0.755. The first-order chi connectivity index (χ1) is 3.83. The first-order valence-corrected chi connectivity index (χ1v) is 3.27. The van der Waals surface area contributed by atoms with Crippen LogP contribution >= 0.6 is 0 Å². The summed E-state index contributed by atoms with van der Waals surface area (Å²) in [5, 5.41) is 3.32. The van der Waals surface area contributed by atoms with Crippen molar-refractivity contribution in [2.75, 3.05) is 6.54 Å². The highest BCUT2D eigenvalue weighted by Gasteiger charge is 2.06. The van der Waals surface area contributed by atoms with E-state index in [4.69, 9.17) is 0 Å². The molecule has 1 N–H and O–H groups in total. The number of rotatable bonds is 1. The maximum Gasteiger partial charge on any atom is 0.0204 e. The third kappa shape index (κ3) is 1.03. The van der Waals surface area contributed by atoms with E-state index < -0.39 is 0 Å². The highest BCUT2D eigenvalue weighted by molar-refractivity contribution is 5.07.